The van der Waals surface area contributed by atoms with Crippen molar-refractivity contribution >= 4 is 11.9 Å². The lowest BCUT2D eigenvalue weighted by molar-refractivity contribution is -0.138. The number of esters is 1. The molecule has 0 aliphatic rings. The van der Waals surface area contributed by atoms with Gasteiger partial charge in [-0.25, -0.2) is 9.59 Å². The van der Waals surface area contributed by atoms with E-state index in [1.54, 1.807) is 48.5 Å². The minimum atomic E-state index is -0.933. The molecule has 3 N–H and O–H groups in total. The predicted octanol–water partition coefficient (Wildman–Crippen LogP) is 2.47. The molecule has 0 atom stereocenters. The van der Waals surface area contributed by atoms with Crippen LogP contribution in [0, 0.1) is 0 Å². The standard InChI is InChI=1S/C13H10O3.C5H8O3/c14-12-7-5-10(6-8-12)9-1-3-11(4-2-9)13(15)16;1-2-5(7)8-4-3-6/h1-8,14H,(H,15,16);2,6H,1,3-4H2. The highest BCUT2D eigenvalue weighted by atomic mass is 16.5. The van der Waals surface area contributed by atoms with Crippen molar-refractivity contribution in [3.63, 3.8) is 0 Å². The van der Waals surface area contributed by atoms with E-state index in [2.05, 4.69) is 11.3 Å². The SMILES string of the molecule is C=CC(=O)OCCO.O=C(O)c1ccc(-c2ccc(O)cc2)cc1. The number of aliphatic hydroxyl groups excluding tert-OH is 1. The molecule has 2 rings (SSSR count). The lowest BCUT2D eigenvalue weighted by Gasteiger charge is -2.02. The van der Waals surface area contributed by atoms with Gasteiger partial charge >= 0.3 is 11.9 Å². The number of aliphatic hydroxyl groups is 1. The topological polar surface area (TPSA) is 104 Å². The number of aromatic hydroxyl groups is 1. The summed E-state index contributed by atoms with van der Waals surface area (Å²) >= 11 is 0. The summed E-state index contributed by atoms with van der Waals surface area (Å²) in [6, 6.07) is 13.4. The number of carboxylic acids is 1. The largest absolute Gasteiger partial charge is 0.508 e. The van der Waals surface area contributed by atoms with Crippen LogP contribution in [0.4, 0.5) is 0 Å². The number of benzene rings is 2. The number of ether oxygens (including phenoxy) is 1. The molecule has 0 saturated heterocycles. The lowest BCUT2D eigenvalue weighted by atomic mass is 10.0. The molecule has 2 aromatic rings. The van der Waals surface area contributed by atoms with Crippen molar-refractivity contribution in [1.82, 2.24) is 0 Å². The molecule has 6 heteroatoms. The molecule has 0 aromatic heterocycles. The van der Waals surface area contributed by atoms with Gasteiger partial charge in [0.15, 0.2) is 0 Å². The highest BCUT2D eigenvalue weighted by Gasteiger charge is 2.02. The van der Waals surface area contributed by atoms with Gasteiger partial charge in [-0.3, -0.25) is 0 Å². The average molecular weight is 330 g/mol. The summed E-state index contributed by atoms with van der Waals surface area (Å²) < 4.78 is 4.33. The number of carbonyl (C=O) groups is 2. The van der Waals surface area contributed by atoms with Gasteiger partial charge in [0.1, 0.15) is 12.4 Å². The molecule has 0 fully saturated rings. The summed E-state index contributed by atoms with van der Waals surface area (Å²) in [7, 11) is 0. The first kappa shape index (κ1) is 18.9. The van der Waals surface area contributed by atoms with Gasteiger partial charge in [-0.2, -0.15) is 0 Å². The Morgan fingerprint density at radius 2 is 1.50 bits per heavy atom. The Balaban J connectivity index is 0.000000307. The molecule has 126 valence electrons. The second-order valence-corrected chi connectivity index (χ2v) is 4.52. The third-order valence-corrected chi connectivity index (χ3v) is 2.83. The first-order valence-corrected chi connectivity index (χ1v) is 7.00. The van der Waals surface area contributed by atoms with Gasteiger partial charge in [0.25, 0.3) is 0 Å². The van der Waals surface area contributed by atoms with Crippen LogP contribution in [0.1, 0.15) is 10.4 Å². The average Bonchev–Trinajstić information content (AvgIpc) is 2.61. The Morgan fingerprint density at radius 3 is 1.92 bits per heavy atom. The van der Waals surface area contributed by atoms with Crippen LogP contribution in [0.5, 0.6) is 5.75 Å². The van der Waals surface area contributed by atoms with Crippen LogP contribution in [-0.4, -0.2) is 40.5 Å². The molecule has 0 spiro atoms. The molecule has 0 aliphatic carbocycles. The smallest absolute Gasteiger partial charge is 0.335 e. The maximum Gasteiger partial charge on any atom is 0.335 e. The fourth-order valence-corrected chi connectivity index (χ4v) is 1.66. The number of phenolic OH excluding ortho intramolecular Hbond substituents is 1. The van der Waals surface area contributed by atoms with Crippen molar-refractivity contribution < 1.29 is 29.6 Å². The molecule has 0 heterocycles. The van der Waals surface area contributed by atoms with E-state index in [1.165, 1.54) is 0 Å². The first-order valence-electron chi connectivity index (χ1n) is 7.00. The molecule has 6 nitrogen and oxygen atoms in total. The van der Waals surface area contributed by atoms with Gasteiger partial charge < -0.3 is 20.1 Å². The molecular weight excluding hydrogens is 312 g/mol. The minimum Gasteiger partial charge on any atom is -0.508 e. The van der Waals surface area contributed by atoms with Gasteiger partial charge in [0.2, 0.25) is 0 Å². The van der Waals surface area contributed by atoms with Crippen molar-refractivity contribution in [3.8, 4) is 16.9 Å². The van der Waals surface area contributed by atoms with E-state index in [-0.39, 0.29) is 24.5 Å². The number of aromatic carboxylic acids is 1. The summed E-state index contributed by atoms with van der Waals surface area (Å²) in [6.45, 7) is 3.06. The molecule has 0 unspecified atom stereocenters. The summed E-state index contributed by atoms with van der Waals surface area (Å²) in [6.07, 6.45) is 1.05. The Morgan fingerprint density at radius 1 is 1.00 bits per heavy atom. The van der Waals surface area contributed by atoms with Crippen molar-refractivity contribution in [3.05, 3.63) is 66.7 Å². The van der Waals surface area contributed by atoms with Crippen LogP contribution in [-0.2, 0) is 9.53 Å². The van der Waals surface area contributed by atoms with E-state index in [4.69, 9.17) is 15.3 Å². The number of hydrogen-bond donors (Lipinski definition) is 3. The minimum absolute atomic E-state index is 0.0465. The van der Waals surface area contributed by atoms with E-state index in [1.807, 2.05) is 0 Å². The van der Waals surface area contributed by atoms with Crippen LogP contribution in [0.3, 0.4) is 0 Å². The first-order chi connectivity index (χ1) is 11.5. The van der Waals surface area contributed by atoms with Crippen molar-refractivity contribution in [2.24, 2.45) is 0 Å². The van der Waals surface area contributed by atoms with Gasteiger partial charge in [-0.05, 0) is 35.4 Å². The fraction of sp³-hybridized carbons (Fsp3) is 0.111. The van der Waals surface area contributed by atoms with E-state index >= 15 is 0 Å². The molecular formula is C18H18O6. The van der Waals surface area contributed by atoms with Gasteiger partial charge in [-0.15, -0.1) is 0 Å². The fourth-order valence-electron chi connectivity index (χ4n) is 1.66. The van der Waals surface area contributed by atoms with Crippen LogP contribution >= 0.6 is 0 Å². The zero-order valence-electron chi connectivity index (χ0n) is 12.9. The molecule has 0 radical (unpaired) electrons. The molecule has 0 saturated carbocycles. The lowest BCUT2D eigenvalue weighted by Crippen LogP contribution is -2.04. The van der Waals surface area contributed by atoms with E-state index in [9.17, 15) is 9.59 Å². The Bertz CT molecular complexity index is 674. The van der Waals surface area contributed by atoms with Gasteiger partial charge in [0.05, 0.1) is 12.2 Å². The molecule has 0 bridgehead atoms. The summed E-state index contributed by atoms with van der Waals surface area (Å²) in [4.78, 5) is 20.8. The number of carboxylic acid groups (broad SMARTS) is 1. The van der Waals surface area contributed by atoms with E-state index < -0.39 is 11.9 Å². The van der Waals surface area contributed by atoms with E-state index in [0.717, 1.165) is 17.2 Å². The maximum absolute atomic E-state index is 10.7. The Kier molecular flexibility index (Phi) is 7.73. The molecule has 0 amide bonds. The number of hydrogen-bond acceptors (Lipinski definition) is 5. The number of carbonyl (C=O) groups excluding carboxylic acids is 1. The van der Waals surface area contributed by atoms with E-state index in [0.29, 0.717) is 0 Å². The monoisotopic (exact) mass is 330 g/mol. The highest BCUT2D eigenvalue weighted by Crippen LogP contribution is 2.22. The second-order valence-electron chi connectivity index (χ2n) is 4.52. The third-order valence-electron chi connectivity index (χ3n) is 2.83. The molecule has 2 aromatic carbocycles. The van der Waals surface area contributed by atoms with Crippen molar-refractivity contribution in [2.75, 3.05) is 13.2 Å². The van der Waals surface area contributed by atoms with Crippen LogP contribution in [0.15, 0.2) is 61.2 Å². The number of rotatable bonds is 5. The zero-order valence-corrected chi connectivity index (χ0v) is 12.9. The molecule has 24 heavy (non-hydrogen) atoms. The zero-order chi connectivity index (χ0) is 17.9. The van der Waals surface area contributed by atoms with Crippen LogP contribution in [0.25, 0.3) is 11.1 Å². The van der Waals surface area contributed by atoms with Crippen molar-refractivity contribution in [1.29, 1.82) is 0 Å². The normalized spacial score (nSPS) is 9.38. The maximum atomic E-state index is 10.7. The van der Waals surface area contributed by atoms with Crippen molar-refractivity contribution in [2.45, 2.75) is 0 Å². The summed E-state index contributed by atoms with van der Waals surface area (Å²) in [5.74, 6) is -1.22. The Hall–Kier alpha value is -3.12. The van der Waals surface area contributed by atoms with Crippen LogP contribution < -0.4 is 0 Å². The Labute approximate surface area is 139 Å². The second kappa shape index (κ2) is 9.81. The summed E-state index contributed by atoms with van der Waals surface area (Å²) in [5, 5.41) is 26.0. The van der Waals surface area contributed by atoms with Crippen LogP contribution in [0.2, 0.25) is 0 Å². The number of phenols is 1. The third kappa shape index (κ3) is 6.33. The highest BCUT2D eigenvalue weighted by molar-refractivity contribution is 5.88. The quantitative estimate of drug-likeness (QED) is 0.575. The summed E-state index contributed by atoms with van der Waals surface area (Å²) in [5.41, 5.74) is 2.13. The predicted molar refractivity (Wildman–Crippen MR) is 88.7 cm³/mol. The molecule has 0 aliphatic heterocycles. The van der Waals surface area contributed by atoms with Gasteiger partial charge in [0, 0.05) is 6.08 Å². The van der Waals surface area contributed by atoms with Gasteiger partial charge in [-0.1, -0.05) is 30.8 Å².